The molecule has 3 aromatic rings. The van der Waals surface area contributed by atoms with E-state index in [2.05, 4.69) is 16.0 Å². The van der Waals surface area contributed by atoms with E-state index in [1.54, 1.807) is 47.4 Å². The summed E-state index contributed by atoms with van der Waals surface area (Å²) in [6, 6.07) is 20.3. The molecule has 224 valence electrons. The third-order valence-electron chi connectivity index (χ3n) is 8.39. The van der Waals surface area contributed by atoms with Crippen LogP contribution >= 0.6 is 11.6 Å². The summed E-state index contributed by atoms with van der Waals surface area (Å²) in [6.07, 6.45) is 1.84. The van der Waals surface area contributed by atoms with Crippen molar-refractivity contribution < 1.29 is 19.2 Å². The van der Waals surface area contributed by atoms with Gasteiger partial charge in [-0.2, -0.15) is 0 Å². The zero-order chi connectivity index (χ0) is 30.3. The third kappa shape index (κ3) is 7.50. The zero-order valence-electron chi connectivity index (χ0n) is 24.3. The Morgan fingerprint density at radius 2 is 1.63 bits per heavy atom. The average molecular weight is 601 g/mol. The molecule has 2 atom stereocenters. The highest BCUT2D eigenvalue weighted by atomic mass is 35.5. The van der Waals surface area contributed by atoms with E-state index in [0.29, 0.717) is 22.7 Å². The highest BCUT2D eigenvalue weighted by Crippen LogP contribution is 2.26. The second-order valence-corrected chi connectivity index (χ2v) is 11.7. The summed E-state index contributed by atoms with van der Waals surface area (Å²) in [6.45, 7) is 3.63. The molecule has 0 aliphatic carbocycles. The summed E-state index contributed by atoms with van der Waals surface area (Å²) in [4.78, 5) is 55.5. The predicted molar refractivity (Wildman–Crippen MR) is 167 cm³/mol. The van der Waals surface area contributed by atoms with Crippen LogP contribution in [0.2, 0.25) is 5.02 Å². The molecule has 2 heterocycles. The molecular formula is C34H37ClN4O4. The number of amides is 3. The molecule has 2 aliphatic rings. The van der Waals surface area contributed by atoms with Crippen LogP contribution in [0, 0.1) is 12.8 Å². The third-order valence-corrected chi connectivity index (χ3v) is 8.82. The van der Waals surface area contributed by atoms with Crippen molar-refractivity contribution in [2.45, 2.75) is 57.7 Å². The van der Waals surface area contributed by atoms with E-state index in [9.17, 15) is 19.2 Å². The molecule has 0 aromatic heterocycles. The first-order chi connectivity index (χ1) is 20.8. The van der Waals surface area contributed by atoms with Gasteiger partial charge in [0.25, 0.3) is 0 Å². The molecule has 8 nitrogen and oxygen atoms in total. The Labute approximate surface area is 257 Å². The van der Waals surface area contributed by atoms with Crippen LogP contribution in [0.4, 0.5) is 5.69 Å². The van der Waals surface area contributed by atoms with Gasteiger partial charge in [0.1, 0.15) is 12.1 Å². The van der Waals surface area contributed by atoms with E-state index in [1.807, 2.05) is 37.3 Å². The molecule has 2 aliphatic heterocycles. The van der Waals surface area contributed by atoms with Crippen molar-refractivity contribution in [3.63, 3.8) is 0 Å². The van der Waals surface area contributed by atoms with Gasteiger partial charge in [-0.15, -0.1) is 0 Å². The lowest BCUT2D eigenvalue weighted by molar-refractivity contribution is -0.142. The number of fused-ring (bicyclic) bond motifs is 1. The van der Waals surface area contributed by atoms with E-state index in [0.717, 1.165) is 42.6 Å². The van der Waals surface area contributed by atoms with Crippen LogP contribution in [0.15, 0.2) is 72.8 Å². The monoisotopic (exact) mass is 600 g/mol. The van der Waals surface area contributed by atoms with Gasteiger partial charge in [0.05, 0.1) is 0 Å². The van der Waals surface area contributed by atoms with Gasteiger partial charge in [-0.1, -0.05) is 66.2 Å². The lowest BCUT2D eigenvalue weighted by Gasteiger charge is -2.38. The molecule has 0 saturated carbocycles. The maximum atomic E-state index is 14.0. The van der Waals surface area contributed by atoms with Crippen LogP contribution < -0.4 is 16.0 Å². The molecule has 3 N–H and O–H groups in total. The number of nitrogens with one attached hydrogen (secondary N) is 3. The Bertz CT molecular complexity index is 1490. The van der Waals surface area contributed by atoms with Gasteiger partial charge in [-0.05, 0) is 73.7 Å². The lowest BCUT2D eigenvalue weighted by atomic mass is 9.88. The Balaban J connectivity index is 1.34. The van der Waals surface area contributed by atoms with Crippen molar-refractivity contribution in [1.82, 2.24) is 15.5 Å². The summed E-state index contributed by atoms with van der Waals surface area (Å²) in [5.41, 5.74) is 3.96. The number of nitrogens with zero attached hydrogens (tertiary/aromatic N) is 1. The molecule has 1 saturated heterocycles. The van der Waals surface area contributed by atoms with Gasteiger partial charge >= 0.3 is 0 Å². The highest BCUT2D eigenvalue weighted by molar-refractivity contribution is 6.31. The van der Waals surface area contributed by atoms with Crippen molar-refractivity contribution in [3.8, 4) is 0 Å². The SMILES string of the molecule is Cc1cc(NC(=O)C(NC(=O)[C@@H]2Cc3ccccc3CN2C(=O)CCC(=O)c2ccccc2)C2CCNCC2)ccc1Cl. The first kappa shape index (κ1) is 30.4. The van der Waals surface area contributed by atoms with Gasteiger partial charge in [0, 0.05) is 42.1 Å². The van der Waals surface area contributed by atoms with E-state index < -0.39 is 12.1 Å². The number of carbonyl (C=O) groups is 4. The number of ketones is 1. The first-order valence-electron chi connectivity index (χ1n) is 14.8. The molecule has 0 radical (unpaired) electrons. The van der Waals surface area contributed by atoms with Crippen LogP contribution in [0.3, 0.4) is 0 Å². The maximum Gasteiger partial charge on any atom is 0.247 e. The minimum Gasteiger partial charge on any atom is -0.342 e. The van der Waals surface area contributed by atoms with E-state index >= 15 is 0 Å². The number of halogens is 1. The van der Waals surface area contributed by atoms with Gasteiger partial charge in [-0.25, -0.2) is 0 Å². The minimum absolute atomic E-state index is 0.00615. The molecule has 43 heavy (non-hydrogen) atoms. The first-order valence-corrected chi connectivity index (χ1v) is 15.2. The molecule has 0 bridgehead atoms. The van der Waals surface area contributed by atoms with Crippen LogP contribution in [-0.4, -0.2) is 53.6 Å². The number of rotatable bonds is 9. The standard InChI is InChI=1S/C34H37ClN4O4/c1-22-19-27(11-12-28(22)35)37-34(43)32(24-15-17-36-18-16-24)38-33(42)29-20-25-9-5-6-10-26(25)21-39(29)31(41)14-13-30(40)23-7-3-2-4-8-23/h2-12,19,24,29,32,36H,13-18,20-21H2,1H3,(H,37,43)(H,38,42)/t29-,32?/m0/s1. The Morgan fingerprint density at radius 1 is 0.930 bits per heavy atom. The fourth-order valence-corrected chi connectivity index (χ4v) is 6.04. The molecule has 1 unspecified atom stereocenters. The number of carbonyl (C=O) groups excluding carboxylic acids is 4. The van der Waals surface area contributed by atoms with Crippen LogP contribution in [0.1, 0.15) is 52.7 Å². The molecule has 3 aromatic carbocycles. The van der Waals surface area contributed by atoms with Crippen LogP contribution in [-0.2, 0) is 27.3 Å². The number of aryl methyl sites for hydroxylation is 1. The van der Waals surface area contributed by atoms with Crippen molar-refractivity contribution in [2.75, 3.05) is 18.4 Å². The number of Topliss-reactive ketones (excluding diaryl/α,β-unsaturated/α-hetero) is 1. The summed E-state index contributed by atoms with van der Waals surface area (Å²) >= 11 is 6.17. The van der Waals surface area contributed by atoms with Crippen molar-refractivity contribution in [2.24, 2.45) is 5.92 Å². The second kappa shape index (κ2) is 14.0. The normalized spacial score (nSPS) is 17.4. The lowest BCUT2D eigenvalue weighted by Crippen LogP contribution is -2.58. The van der Waals surface area contributed by atoms with Crippen molar-refractivity contribution in [1.29, 1.82) is 0 Å². The highest BCUT2D eigenvalue weighted by Gasteiger charge is 2.38. The van der Waals surface area contributed by atoms with Crippen LogP contribution in [0.25, 0.3) is 0 Å². The van der Waals surface area contributed by atoms with Gasteiger partial charge in [0.15, 0.2) is 5.78 Å². The fraction of sp³-hybridized carbons (Fsp3) is 0.353. The summed E-state index contributed by atoms with van der Waals surface area (Å²) < 4.78 is 0. The molecule has 0 spiro atoms. The Morgan fingerprint density at radius 3 is 2.35 bits per heavy atom. The van der Waals surface area contributed by atoms with Crippen molar-refractivity contribution in [3.05, 3.63) is 100 Å². The van der Waals surface area contributed by atoms with Crippen LogP contribution in [0.5, 0.6) is 0 Å². The maximum absolute atomic E-state index is 14.0. The fourth-order valence-electron chi connectivity index (χ4n) is 5.92. The predicted octanol–water partition coefficient (Wildman–Crippen LogP) is 4.69. The van der Waals surface area contributed by atoms with Gasteiger partial charge in [-0.3, -0.25) is 19.2 Å². The number of piperidine rings is 1. The quantitative estimate of drug-likeness (QED) is 0.309. The van der Waals surface area contributed by atoms with Crippen molar-refractivity contribution >= 4 is 40.8 Å². The molecule has 9 heteroatoms. The molecular weight excluding hydrogens is 564 g/mol. The van der Waals surface area contributed by atoms with E-state index in [4.69, 9.17) is 11.6 Å². The molecule has 5 rings (SSSR count). The second-order valence-electron chi connectivity index (χ2n) is 11.3. The largest absolute Gasteiger partial charge is 0.342 e. The van der Waals surface area contributed by atoms with E-state index in [-0.39, 0.29) is 48.8 Å². The number of anilines is 1. The summed E-state index contributed by atoms with van der Waals surface area (Å²) in [5.74, 6) is -1.12. The van der Waals surface area contributed by atoms with Gasteiger partial charge < -0.3 is 20.9 Å². The molecule has 3 amide bonds. The minimum atomic E-state index is -0.802. The zero-order valence-corrected chi connectivity index (χ0v) is 25.0. The molecule has 1 fully saturated rings. The number of benzene rings is 3. The smallest absolute Gasteiger partial charge is 0.247 e. The topological polar surface area (TPSA) is 108 Å². The summed E-state index contributed by atoms with van der Waals surface area (Å²) in [5, 5.41) is 9.93. The Hall–Kier alpha value is -4.01. The van der Waals surface area contributed by atoms with E-state index in [1.165, 1.54) is 0 Å². The van der Waals surface area contributed by atoms with Gasteiger partial charge in [0.2, 0.25) is 17.7 Å². The average Bonchev–Trinajstić information content (AvgIpc) is 3.04. The summed E-state index contributed by atoms with van der Waals surface area (Å²) in [7, 11) is 0. The number of hydrogen-bond acceptors (Lipinski definition) is 5. The Kier molecular flexibility index (Phi) is 9.89. The number of hydrogen-bond donors (Lipinski definition) is 3.